The predicted octanol–water partition coefficient (Wildman–Crippen LogP) is 3.83. The Bertz CT molecular complexity index is 546. The third-order valence-corrected chi connectivity index (χ3v) is 3.72. The lowest BCUT2D eigenvalue weighted by Gasteiger charge is -2.22. The van der Waals surface area contributed by atoms with Gasteiger partial charge in [-0.2, -0.15) is 0 Å². The van der Waals surface area contributed by atoms with Crippen LogP contribution in [-0.2, 0) is 0 Å². The first kappa shape index (κ1) is 14.6. The SMILES string of the molecule is Cc1ccc(C(N)CCN(C)c2cccc(C)c2)cc1. The molecule has 1 unspecified atom stereocenters. The quantitative estimate of drug-likeness (QED) is 0.893. The topological polar surface area (TPSA) is 29.3 Å². The fraction of sp³-hybridized carbons (Fsp3) is 0.333. The second-order valence-corrected chi connectivity index (χ2v) is 5.57. The summed E-state index contributed by atoms with van der Waals surface area (Å²) in [5.41, 5.74) is 11.3. The highest BCUT2D eigenvalue weighted by Gasteiger charge is 2.08. The van der Waals surface area contributed by atoms with Gasteiger partial charge < -0.3 is 10.6 Å². The highest BCUT2D eigenvalue weighted by molar-refractivity contribution is 5.47. The van der Waals surface area contributed by atoms with Crippen molar-refractivity contribution in [3.05, 3.63) is 65.2 Å². The molecule has 0 radical (unpaired) electrons. The van der Waals surface area contributed by atoms with Gasteiger partial charge in [0.1, 0.15) is 0 Å². The van der Waals surface area contributed by atoms with Crippen LogP contribution in [0, 0.1) is 13.8 Å². The summed E-state index contributed by atoms with van der Waals surface area (Å²) in [7, 11) is 2.12. The number of aryl methyl sites for hydroxylation is 2. The van der Waals surface area contributed by atoms with Gasteiger partial charge in [-0.15, -0.1) is 0 Å². The average molecular weight is 268 g/mol. The van der Waals surface area contributed by atoms with Crippen LogP contribution in [0.4, 0.5) is 5.69 Å². The fourth-order valence-corrected chi connectivity index (χ4v) is 2.31. The van der Waals surface area contributed by atoms with Crippen molar-refractivity contribution >= 4 is 5.69 Å². The molecule has 2 nitrogen and oxygen atoms in total. The summed E-state index contributed by atoms with van der Waals surface area (Å²) in [5.74, 6) is 0. The zero-order valence-electron chi connectivity index (χ0n) is 12.6. The molecule has 1 atom stereocenters. The summed E-state index contributed by atoms with van der Waals surface area (Å²) < 4.78 is 0. The van der Waals surface area contributed by atoms with Crippen LogP contribution in [0.1, 0.15) is 29.2 Å². The molecule has 106 valence electrons. The molecule has 0 spiro atoms. The van der Waals surface area contributed by atoms with Crippen molar-refractivity contribution in [3.8, 4) is 0 Å². The first-order valence-electron chi connectivity index (χ1n) is 7.16. The van der Waals surface area contributed by atoms with Gasteiger partial charge in [0.15, 0.2) is 0 Å². The minimum absolute atomic E-state index is 0.0999. The van der Waals surface area contributed by atoms with E-state index in [0.717, 1.165) is 13.0 Å². The molecule has 0 amide bonds. The molecule has 0 fully saturated rings. The molecule has 2 aromatic carbocycles. The second-order valence-electron chi connectivity index (χ2n) is 5.57. The van der Waals surface area contributed by atoms with Crippen molar-refractivity contribution < 1.29 is 0 Å². The Morgan fingerprint density at radius 2 is 1.70 bits per heavy atom. The van der Waals surface area contributed by atoms with E-state index in [9.17, 15) is 0 Å². The van der Waals surface area contributed by atoms with Crippen LogP contribution in [-0.4, -0.2) is 13.6 Å². The van der Waals surface area contributed by atoms with Gasteiger partial charge >= 0.3 is 0 Å². The smallest absolute Gasteiger partial charge is 0.0366 e. The Morgan fingerprint density at radius 3 is 2.35 bits per heavy atom. The van der Waals surface area contributed by atoms with Crippen molar-refractivity contribution in [3.63, 3.8) is 0 Å². The van der Waals surface area contributed by atoms with E-state index >= 15 is 0 Å². The minimum Gasteiger partial charge on any atom is -0.375 e. The van der Waals surface area contributed by atoms with Gasteiger partial charge in [0.25, 0.3) is 0 Å². The van der Waals surface area contributed by atoms with Crippen LogP contribution in [0.15, 0.2) is 48.5 Å². The zero-order valence-corrected chi connectivity index (χ0v) is 12.6. The summed E-state index contributed by atoms with van der Waals surface area (Å²) in [5, 5.41) is 0. The van der Waals surface area contributed by atoms with E-state index in [1.807, 2.05) is 0 Å². The third kappa shape index (κ3) is 3.84. The molecular formula is C18H24N2. The maximum absolute atomic E-state index is 6.27. The van der Waals surface area contributed by atoms with Gasteiger partial charge in [0.2, 0.25) is 0 Å². The molecular weight excluding hydrogens is 244 g/mol. The zero-order chi connectivity index (χ0) is 14.5. The largest absolute Gasteiger partial charge is 0.375 e. The van der Waals surface area contributed by atoms with Crippen LogP contribution >= 0.6 is 0 Å². The number of hydrogen-bond acceptors (Lipinski definition) is 2. The number of nitrogens with two attached hydrogens (primary N) is 1. The number of benzene rings is 2. The molecule has 0 saturated heterocycles. The summed E-state index contributed by atoms with van der Waals surface area (Å²) in [6.07, 6.45) is 0.952. The Hall–Kier alpha value is -1.80. The standard InChI is InChI=1S/C18H24N2/c1-14-7-9-16(10-8-14)18(19)11-12-20(3)17-6-4-5-15(2)13-17/h4-10,13,18H,11-12,19H2,1-3H3. The van der Waals surface area contributed by atoms with Crippen LogP contribution in [0.5, 0.6) is 0 Å². The molecule has 20 heavy (non-hydrogen) atoms. The van der Waals surface area contributed by atoms with Gasteiger partial charge in [-0.1, -0.05) is 42.0 Å². The van der Waals surface area contributed by atoms with Gasteiger partial charge in [-0.3, -0.25) is 0 Å². The fourth-order valence-electron chi connectivity index (χ4n) is 2.31. The molecule has 0 aliphatic heterocycles. The van der Waals surface area contributed by atoms with E-state index in [1.54, 1.807) is 0 Å². The van der Waals surface area contributed by atoms with Gasteiger partial charge in [-0.25, -0.2) is 0 Å². The number of hydrogen-bond donors (Lipinski definition) is 1. The highest BCUT2D eigenvalue weighted by atomic mass is 15.1. The molecule has 0 bridgehead atoms. The molecule has 0 aliphatic carbocycles. The maximum atomic E-state index is 6.27. The lowest BCUT2D eigenvalue weighted by atomic mass is 10.0. The molecule has 2 rings (SSSR count). The summed E-state index contributed by atoms with van der Waals surface area (Å²) in [6, 6.07) is 17.2. The van der Waals surface area contributed by atoms with Crippen LogP contribution < -0.4 is 10.6 Å². The normalized spacial score (nSPS) is 12.2. The van der Waals surface area contributed by atoms with Crippen LogP contribution in [0.25, 0.3) is 0 Å². The van der Waals surface area contributed by atoms with Crippen molar-refractivity contribution in [2.24, 2.45) is 5.73 Å². The second kappa shape index (κ2) is 6.58. The van der Waals surface area contributed by atoms with Crippen molar-refractivity contribution in [1.29, 1.82) is 0 Å². The molecule has 2 heteroatoms. The number of anilines is 1. The molecule has 2 aromatic rings. The van der Waals surface area contributed by atoms with E-state index in [2.05, 4.69) is 74.3 Å². The Labute approximate surface area is 122 Å². The molecule has 0 aromatic heterocycles. The Balaban J connectivity index is 1.93. The average Bonchev–Trinajstić information content (AvgIpc) is 2.45. The lowest BCUT2D eigenvalue weighted by Crippen LogP contribution is -2.23. The van der Waals surface area contributed by atoms with E-state index < -0.39 is 0 Å². The lowest BCUT2D eigenvalue weighted by molar-refractivity contribution is 0.645. The highest BCUT2D eigenvalue weighted by Crippen LogP contribution is 2.18. The van der Waals surface area contributed by atoms with E-state index in [4.69, 9.17) is 5.73 Å². The molecule has 2 N–H and O–H groups in total. The van der Waals surface area contributed by atoms with Crippen LogP contribution in [0.2, 0.25) is 0 Å². The first-order chi connectivity index (χ1) is 9.56. The van der Waals surface area contributed by atoms with Gasteiger partial charge in [0, 0.05) is 25.3 Å². The summed E-state index contributed by atoms with van der Waals surface area (Å²) >= 11 is 0. The maximum Gasteiger partial charge on any atom is 0.0366 e. The van der Waals surface area contributed by atoms with E-state index in [-0.39, 0.29) is 6.04 Å². The molecule has 0 aliphatic rings. The summed E-state index contributed by atoms with van der Waals surface area (Å²) in [4.78, 5) is 2.26. The molecule has 0 saturated carbocycles. The van der Waals surface area contributed by atoms with Crippen molar-refractivity contribution in [2.45, 2.75) is 26.3 Å². The predicted molar refractivity (Wildman–Crippen MR) is 87.2 cm³/mol. The third-order valence-electron chi connectivity index (χ3n) is 3.72. The summed E-state index contributed by atoms with van der Waals surface area (Å²) in [6.45, 7) is 5.18. The monoisotopic (exact) mass is 268 g/mol. The van der Waals surface area contributed by atoms with Crippen molar-refractivity contribution in [1.82, 2.24) is 0 Å². The first-order valence-corrected chi connectivity index (χ1v) is 7.16. The minimum atomic E-state index is 0.0999. The van der Waals surface area contributed by atoms with Crippen LogP contribution in [0.3, 0.4) is 0 Å². The Kier molecular flexibility index (Phi) is 4.80. The number of nitrogens with zero attached hydrogens (tertiary/aromatic N) is 1. The number of rotatable bonds is 5. The van der Waals surface area contributed by atoms with E-state index in [0.29, 0.717) is 0 Å². The van der Waals surface area contributed by atoms with E-state index in [1.165, 1.54) is 22.4 Å². The Morgan fingerprint density at radius 1 is 1.00 bits per heavy atom. The van der Waals surface area contributed by atoms with Gasteiger partial charge in [0.05, 0.1) is 0 Å². The van der Waals surface area contributed by atoms with Gasteiger partial charge in [-0.05, 0) is 43.5 Å². The van der Waals surface area contributed by atoms with Crippen molar-refractivity contribution in [2.75, 3.05) is 18.5 Å². The molecule has 0 heterocycles.